The van der Waals surface area contributed by atoms with E-state index >= 15 is 0 Å². The van der Waals surface area contributed by atoms with E-state index in [-0.39, 0.29) is 55.2 Å². The van der Waals surface area contributed by atoms with Crippen LogP contribution in [0.25, 0.3) is 0 Å². The van der Waals surface area contributed by atoms with Crippen LogP contribution < -0.4 is 34.5 Å². The average Bonchev–Trinajstić information content (AvgIpc) is 3.22. The first-order valence-electron chi connectivity index (χ1n) is 25.2. The summed E-state index contributed by atoms with van der Waals surface area (Å²) in [6.07, 6.45) is -2.93. The Morgan fingerprint density at radius 3 is 1.50 bits per heavy atom. The predicted molar refractivity (Wildman–Crippen MR) is 210 cm³/mol. The molecule has 0 spiro atoms. The van der Waals surface area contributed by atoms with Crippen molar-refractivity contribution < 1.29 is 105 Å². The molecule has 5 N–H and O–H groups in total. The molecule has 3 unspecified atom stereocenters. The third kappa shape index (κ3) is 27.6. The topological polar surface area (TPSA) is 212 Å². The maximum Gasteiger partial charge on any atom is 1.00 e. The van der Waals surface area contributed by atoms with Crippen LogP contribution in [0.5, 0.6) is 0 Å². The minimum Gasteiger partial charge on any atom is -0.756 e. The fourth-order valence-electron chi connectivity index (χ4n) is 6.41. The van der Waals surface area contributed by atoms with Gasteiger partial charge in [-0.25, -0.2) is 0 Å². The fraction of sp³-hybridized carbons (Fsp3) is 0.951. The van der Waals surface area contributed by atoms with E-state index in [9.17, 15) is 44.6 Å². The summed E-state index contributed by atoms with van der Waals surface area (Å²) in [6, 6.07) is 0. The summed E-state index contributed by atoms with van der Waals surface area (Å²) in [6.45, 7) is -2.54. The molecule has 56 heavy (non-hydrogen) atoms. The van der Waals surface area contributed by atoms with Gasteiger partial charge in [-0.2, -0.15) is 0 Å². The van der Waals surface area contributed by atoms with Crippen LogP contribution in [-0.4, -0.2) is 93.4 Å². The van der Waals surface area contributed by atoms with Crippen molar-refractivity contribution >= 4 is 19.8 Å². The number of esters is 2. The van der Waals surface area contributed by atoms with Crippen LogP contribution in [0.3, 0.4) is 0 Å². The Hall–Kier alpha value is -0.150. The summed E-state index contributed by atoms with van der Waals surface area (Å²) in [7, 11) is -5.43. The molecule has 0 aromatic carbocycles. The van der Waals surface area contributed by atoms with Gasteiger partial charge < -0.3 is 48.9 Å². The molecule has 1 rings (SSSR count). The summed E-state index contributed by atoms with van der Waals surface area (Å²) in [5.41, 5.74) is 0. The Labute approximate surface area is 372 Å². The van der Waals surface area contributed by atoms with E-state index in [1.165, 1.54) is 51.4 Å². The third-order valence-corrected chi connectivity index (χ3v) is 10.8. The molecule has 1 fully saturated rings. The summed E-state index contributed by atoms with van der Waals surface area (Å²) in [5.74, 6) is -1.31. The zero-order chi connectivity index (χ0) is 48.6. The molecule has 1 saturated carbocycles. The van der Waals surface area contributed by atoms with Crippen LogP contribution in [0.1, 0.15) is 206 Å². The molecule has 8 atom stereocenters. The molecule has 15 heteroatoms. The molecule has 0 aromatic rings. The quantitative estimate of drug-likeness (QED) is 0.0261. The minimum atomic E-state index is -5.43. The molecule has 0 aliphatic heterocycles. The molecule has 13 nitrogen and oxygen atoms in total. The largest absolute Gasteiger partial charge is 1.00 e. The van der Waals surface area contributed by atoms with E-state index < -0.39 is 102 Å². The maximum atomic E-state index is 12.7. The van der Waals surface area contributed by atoms with E-state index in [0.29, 0.717) is 25.7 Å². The van der Waals surface area contributed by atoms with Gasteiger partial charge in [-0.05, 0) is 12.8 Å². The Balaban J connectivity index is 0.0000410. The van der Waals surface area contributed by atoms with E-state index in [1.54, 1.807) is 0 Å². The third-order valence-electron chi connectivity index (χ3n) is 9.79. The van der Waals surface area contributed by atoms with Crippen LogP contribution in [0, 0.1) is 0 Å². The van der Waals surface area contributed by atoms with Gasteiger partial charge in [0.05, 0.1) is 6.61 Å². The Morgan fingerprint density at radius 1 is 0.625 bits per heavy atom. The molecule has 0 amide bonds. The van der Waals surface area contributed by atoms with E-state index in [4.69, 9.17) is 30.9 Å². The summed E-state index contributed by atoms with van der Waals surface area (Å²) in [5, 5.41) is 50.0. The van der Waals surface area contributed by atoms with E-state index in [1.807, 2.05) is 0 Å². The van der Waals surface area contributed by atoms with Crippen LogP contribution in [-0.2, 0) is 32.7 Å². The van der Waals surface area contributed by atoms with Crippen LogP contribution in [0.2, 0.25) is 0 Å². The van der Waals surface area contributed by atoms with Crippen molar-refractivity contribution in [3.63, 3.8) is 0 Å². The number of carbonyl (C=O) groups is 2. The van der Waals surface area contributed by atoms with Gasteiger partial charge in [0.15, 0.2) is 6.10 Å². The molecule has 0 radical (unpaired) electrons. The van der Waals surface area contributed by atoms with Gasteiger partial charge in [-0.3, -0.25) is 14.2 Å². The molecule has 0 saturated heterocycles. The number of phosphoric ester groups is 1. The SMILES string of the molecule is [2H]C([2H])([2H])C([2H])([2H])C([2H])([2H])C([2H])([2H])CCCCCCCCCCCC(=O)OC[C@H](COP(=O)([O-])OC1[C@H](O)[C@H](O)C(O)[C@H](O)[C@H]1O)OC(=O)CCCCCCCCCCCCCCC.[Na+]. The number of aliphatic hydroxyl groups is 5. The molecule has 0 bridgehead atoms. The number of ether oxygens (including phenoxy) is 2. The van der Waals surface area contributed by atoms with Crippen LogP contribution in [0.15, 0.2) is 0 Å². The molecule has 0 aromatic heterocycles. The van der Waals surface area contributed by atoms with Crippen molar-refractivity contribution in [2.45, 2.75) is 236 Å². The predicted octanol–water partition coefficient (Wildman–Crippen LogP) is 4.10. The molecular weight excluding hydrogens is 754 g/mol. The first kappa shape index (κ1) is 41.2. The Morgan fingerprint density at radius 2 is 1.04 bits per heavy atom. The van der Waals surface area contributed by atoms with Crippen LogP contribution >= 0.6 is 7.82 Å². The number of hydrogen-bond acceptors (Lipinski definition) is 13. The normalized spacial score (nSPS) is 25.9. The second-order valence-electron chi connectivity index (χ2n) is 14.7. The standard InChI is InChI=1S/C41H79O13P.Na/c1-3-5-7-9-11-13-15-17-19-21-23-25-27-29-34(42)51-31-33(32-52-55(49,50)54-41-39(47)37(45)36(44)38(46)40(41)48)53-35(43)30-28-26-24-22-20-18-16-14-12-10-8-6-4-2;/h33,36-41,44-48H,3-32H2,1-2H3,(H,49,50);/q;+1/p-1/t33-,36?,37-,38+,39-,40-,41?;/m1./s1/i1D3,3D2,5D2,7D2;. The number of hydrogen-bond donors (Lipinski definition) is 5. The van der Waals surface area contributed by atoms with Crippen molar-refractivity contribution in [1.82, 2.24) is 0 Å². The second kappa shape index (κ2) is 35.6. The summed E-state index contributed by atoms with van der Waals surface area (Å²) < 4.78 is 102. The summed E-state index contributed by atoms with van der Waals surface area (Å²) in [4.78, 5) is 38.0. The molecular formula is C41H78NaO13P. The fourth-order valence-corrected chi connectivity index (χ4v) is 7.37. The average molecular weight is 842 g/mol. The minimum absolute atomic E-state index is 0. The second-order valence-corrected chi connectivity index (χ2v) is 16.0. The van der Waals surface area contributed by atoms with Gasteiger partial charge in [0.25, 0.3) is 7.82 Å². The Kier molecular flexibility index (Phi) is 26.2. The zero-order valence-corrected chi connectivity index (χ0v) is 37.0. The molecule has 1 aliphatic carbocycles. The van der Waals surface area contributed by atoms with Crippen molar-refractivity contribution in [3.8, 4) is 0 Å². The van der Waals surface area contributed by atoms with Gasteiger partial charge >= 0.3 is 41.5 Å². The van der Waals surface area contributed by atoms with Crippen molar-refractivity contribution in [2.24, 2.45) is 0 Å². The van der Waals surface area contributed by atoms with E-state index in [2.05, 4.69) is 6.92 Å². The molecule has 0 heterocycles. The number of rotatable bonds is 36. The first-order valence-corrected chi connectivity index (χ1v) is 22.2. The van der Waals surface area contributed by atoms with E-state index in [0.717, 1.165) is 57.8 Å². The van der Waals surface area contributed by atoms with Gasteiger partial charge in [0.1, 0.15) is 43.2 Å². The zero-order valence-electron chi connectivity index (χ0n) is 43.1. The van der Waals surface area contributed by atoms with Gasteiger partial charge in [0.2, 0.25) is 0 Å². The Bertz CT molecular complexity index is 1340. The van der Waals surface area contributed by atoms with Gasteiger partial charge in [0, 0.05) is 25.2 Å². The molecule has 326 valence electrons. The number of phosphoric acid groups is 1. The van der Waals surface area contributed by atoms with Gasteiger partial charge in [-0.1, -0.05) is 168 Å². The first-order chi connectivity index (χ1) is 29.8. The summed E-state index contributed by atoms with van der Waals surface area (Å²) >= 11 is 0. The number of carbonyl (C=O) groups excluding carboxylic acids is 2. The smallest absolute Gasteiger partial charge is 0.756 e. The maximum absolute atomic E-state index is 12.7. The van der Waals surface area contributed by atoms with Crippen molar-refractivity contribution in [3.05, 3.63) is 0 Å². The number of unbranched alkanes of at least 4 members (excludes halogenated alkanes) is 20. The molecule has 1 aliphatic rings. The van der Waals surface area contributed by atoms with Crippen molar-refractivity contribution in [1.29, 1.82) is 0 Å². The van der Waals surface area contributed by atoms with Crippen molar-refractivity contribution in [2.75, 3.05) is 13.2 Å². The van der Waals surface area contributed by atoms with Crippen LogP contribution in [0.4, 0.5) is 0 Å². The van der Waals surface area contributed by atoms with Gasteiger partial charge in [-0.15, -0.1) is 0 Å². The monoisotopic (exact) mass is 842 g/mol. The number of aliphatic hydroxyl groups excluding tert-OH is 5.